The monoisotopic (exact) mass is 190 g/mol. The second-order valence-corrected chi connectivity index (χ2v) is 10.9. The molecule has 2 N–H and O–H groups in total. The van der Waals surface area contributed by atoms with Gasteiger partial charge < -0.3 is 10.2 Å². The second-order valence-electron chi connectivity index (χ2n) is 5.17. The minimum Gasteiger partial charge on any atom is -0.394 e. The summed E-state index contributed by atoms with van der Waals surface area (Å²) in [6.45, 7) is 11.0. The predicted octanol–water partition coefficient (Wildman–Crippen LogP) is 1.85. The first-order valence-corrected chi connectivity index (χ1v) is 7.70. The van der Waals surface area contributed by atoms with Gasteiger partial charge in [0.25, 0.3) is 0 Å². The lowest BCUT2D eigenvalue weighted by atomic mass is 10.2. The zero-order valence-electron chi connectivity index (χ0n) is 8.89. The molecule has 12 heavy (non-hydrogen) atoms. The molecule has 74 valence electrons. The van der Waals surface area contributed by atoms with E-state index < -0.39 is 14.2 Å². The Balaban J connectivity index is 4.22. The number of aliphatic hydroxyl groups excluding tert-OH is 2. The summed E-state index contributed by atoms with van der Waals surface area (Å²) in [5.74, 6) is 0. The van der Waals surface area contributed by atoms with Crippen LogP contribution in [0.2, 0.25) is 24.2 Å². The Morgan fingerprint density at radius 1 is 1.25 bits per heavy atom. The minimum atomic E-state index is -1.40. The van der Waals surface area contributed by atoms with Crippen molar-refractivity contribution in [3.63, 3.8) is 0 Å². The molecule has 0 aliphatic carbocycles. The van der Waals surface area contributed by atoms with Crippen LogP contribution in [0.5, 0.6) is 0 Å². The molecular formula is C9H22O2Si. The summed E-state index contributed by atoms with van der Waals surface area (Å²) in [6.07, 6.45) is -0.522. The zero-order valence-corrected chi connectivity index (χ0v) is 9.89. The molecule has 1 atom stereocenters. The summed E-state index contributed by atoms with van der Waals surface area (Å²) >= 11 is 0. The fourth-order valence-corrected chi connectivity index (χ4v) is 2.88. The largest absolute Gasteiger partial charge is 0.394 e. The summed E-state index contributed by atoms with van der Waals surface area (Å²) < 4.78 is 0. The van der Waals surface area contributed by atoms with Crippen molar-refractivity contribution < 1.29 is 10.2 Å². The highest BCUT2D eigenvalue weighted by Gasteiger charge is 2.36. The van der Waals surface area contributed by atoms with Gasteiger partial charge in [-0.05, 0) is 11.1 Å². The summed E-state index contributed by atoms with van der Waals surface area (Å²) in [7, 11) is -1.40. The maximum Gasteiger partial charge on any atom is 0.0747 e. The third-order valence-electron chi connectivity index (χ3n) is 2.99. The van der Waals surface area contributed by atoms with Crippen molar-refractivity contribution in [2.75, 3.05) is 6.61 Å². The molecule has 0 heterocycles. The van der Waals surface area contributed by atoms with Crippen LogP contribution in [0, 0.1) is 0 Å². The highest BCUT2D eigenvalue weighted by molar-refractivity contribution is 6.80. The van der Waals surface area contributed by atoms with Gasteiger partial charge in [-0.15, -0.1) is 0 Å². The molecule has 0 rings (SSSR count). The third kappa shape index (κ3) is 3.25. The van der Waals surface area contributed by atoms with Crippen LogP contribution in [0.1, 0.15) is 20.8 Å². The van der Waals surface area contributed by atoms with Gasteiger partial charge in [-0.2, -0.15) is 0 Å². The number of aliphatic hydroxyl groups is 2. The standard InChI is InChI=1S/C9H22O2Si/c1-9(2,3)12(4,5)7-8(11)6-10/h8,10-11H,6-7H2,1-5H3. The third-order valence-corrected chi connectivity index (χ3v) is 8.54. The van der Waals surface area contributed by atoms with Gasteiger partial charge in [0.15, 0.2) is 0 Å². The van der Waals surface area contributed by atoms with Gasteiger partial charge in [-0.1, -0.05) is 33.9 Å². The van der Waals surface area contributed by atoms with E-state index in [0.717, 1.165) is 6.04 Å². The number of hydrogen-bond donors (Lipinski definition) is 2. The molecule has 2 nitrogen and oxygen atoms in total. The van der Waals surface area contributed by atoms with E-state index in [1.807, 2.05) is 0 Å². The molecule has 0 aromatic carbocycles. The fraction of sp³-hybridized carbons (Fsp3) is 1.00. The first-order valence-electron chi connectivity index (χ1n) is 4.49. The van der Waals surface area contributed by atoms with Crippen molar-refractivity contribution in [2.24, 2.45) is 0 Å². The molecule has 0 aliphatic rings. The normalized spacial score (nSPS) is 16.2. The molecule has 0 aromatic rings. The number of rotatable bonds is 3. The summed E-state index contributed by atoms with van der Waals surface area (Å²) in [4.78, 5) is 0. The lowest BCUT2D eigenvalue weighted by molar-refractivity contribution is 0.108. The van der Waals surface area contributed by atoms with Crippen molar-refractivity contribution in [1.29, 1.82) is 0 Å². The Labute approximate surface area is 76.6 Å². The van der Waals surface area contributed by atoms with Gasteiger partial charge in [-0.3, -0.25) is 0 Å². The highest BCUT2D eigenvalue weighted by Crippen LogP contribution is 2.39. The first kappa shape index (κ1) is 12.1. The maximum atomic E-state index is 9.34. The van der Waals surface area contributed by atoms with Crippen molar-refractivity contribution in [3.8, 4) is 0 Å². The van der Waals surface area contributed by atoms with Crippen LogP contribution in [0.15, 0.2) is 0 Å². The Bertz CT molecular complexity index is 138. The SMILES string of the molecule is CC(C)(C)[Si](C)(C)CC(O)CO. The van der Waals surface area contributed by atoms with Crippen LogP contribution in [-0.4, -0.2) is 31.0 Å². The summed E-state index contributed by atoms with van der Waals surface area (Å²) in [5, 5.41) is 18.4. The Hall–Kier alpha value is 0.137. The smallest absolute Gasteiger partial charge is 0.0747 e. The molecule has 0 fully saturated rings. The number of hydrogen-bond acceptors (Lipinski definition) is 2. The molecule has 0 aliphatic heterocycles. The van der Waals surface area contributed by atoms with Crippen molar-refractivity contribution in [1.82, 2.24) is 0 Å². The van der Waals surface area contributed by atoms with Crippen LogP contribution < -0.4 is 0 Å². The molecule has 0 spiro atoms. The average Bonchev–Trinajstić information content (AvgIpc) is 1.84. The molecular weight excluding hydrogens is 168 g/mol. The molecule has 1 unspecified atom stereocenters. The molecule has 0 saturated heterocycles. The van der Waals surface area contributed by atoms with Crippen LogP contribution in [0.3, 0.4) is 0 Å². The Kier molecular flexibility index (Phi) is 3.94. The van der Waals surface area contributed by atoms with Gasteiger partial charge in [-0.25, -0.2) is 0 Å². The highest BCUT2D eigenvalue weighted by atomic mass is 28.3. The van der Waals surface area contributed by atoms with E-state index in [9.17, 15) is 5.11 Å². The molecule has 3 heteroatoms. The van der Waals surface area contributed by atoms with E-state index in [-0.39, 0.29) is 6.61 Å². The Morgan fingerprint density at radius 2 is 1.67 bits per heavy atom. The van der Waals surface area contributed by atoms with Gasteiger partial charge in [0.05, 0.1) is 20.8 Å². The van der Waals surface area contributed by atoms with Crippen molar-refractivity contribution in [2.45, 2.75) is 51.1 Å². The van der Waals surface area contributed by atoms with Crippen LogP contribution in [-0.2, 0) is 0 Å². The lowest BCUT2D eigenvalue weighted by Crippen LogP contribution is -2.41. The maximum absolute atomic E-state index is 9.34. The van der Waals surface area contributed by atoms with Gasteiger partial charge in [0.1, 0.15) is 0 Å². The van der Waals surface area contributed by atoms with Gasteiger partial charge in [0, 0.05) is 0 Å². The van der Waals surface area contributed by atoms with E-state index in [2.05, 4.69) is 33.9 Å². The van der Waals surface area contributed by atoms with Gasteiger partial charge in [0.2, 0.25) is 0 Å². The minimum absolute atomic E-state index is 0.105. The van der Waals surface area contributed by atoms with E-state index in [1.165, 1.54) is 0 Å². The van der Waals surface area contributed by atoms with Crippen LogP contribution in [0.25, 0.3) is 0 Å². The van der Waals surface area contributed by atoms with Crippen molar-refractivity contribution >= 4 is 8.07 Å². The van der Waals surface area contributed by atoms with E-state index in [4.69, 9.17) is 5.11 Å². The molecule has 0 radical (unpaired) electrons. The lowest BCUT2D eigenvalue weighted by Gasteiger charge is -2.38. The molecule has 0 aromatic heterocycles. The summed E-state index contributed by atoms with van der Waals surface area (Å²) in [5.41, 5.74) is 0. The second kappa shape index (κ2) is 3.90. The van der Waals surface area contributed by atoms with Crippen molar-refractivity contribution in [3.05, 3.63) is 0 Å². The zero-order chi connectivity index (χ0) is 9.99. The van der Waals surface area contributed by atoms with Gasteiger partial charge >= 0.3 is 0 Å². The molecule has 0 bridgehead atoms. The van der Waals surface area contributed by atoms with E-state index in [1.54, 1.807) is 0 Å². The summed E-state index contributed by atoms with van der Waals surface area (Å²) in [6, 6.07) is 0.785. The predicted molar refractivity (Wildman–Crippen MR) is 55.1 cm³/mol. The molecule has 0 amide bonds. The average molecular weight is 190 g/mol. The van der Waals surface area contributed by atoms with Crippen LogP contribution >= 0.6 is 0 Å². The first-order chi connectivity index (χ1) is 5.20. The topological polar surface area (TPSA) is 40.5 Å². The quantitative estimate of drug-likeness (QED) is 0.667. The fourth-order valence-electron chi connectivity index (χ4n) is 0.960. The van der Waals surface area contributed by atoms with Crippen LogP contribution in [0.4, 0.5) is 0 Å². The Morgan fingerprint density at radius 3 is 1.92 bits per heavy atom. The van der Waals surface area contributed by atoms with E-state index >= 15 is 0 Å². The van der Waals surface area contributed by atoms with E-state index in [0.29, 0.717) is 5.04 Å². The molecule has 0 saturated carbocycles.